The van der Waals surface area contributed by atoms with E-state index in [4.69, 9.17) is 0 Å². The Bertz CT molecular complexity index is 3950. The highest BCUT2D eigenvalue weighted by atomic mass is 15.1. The predicted molar refractivity (Wildman–Crippen MR) is 310 cm³/mol. The predicted octanol–water partition coefficient (Wildman–Crippen LogP) is 19.1. The highest BCUT2D eigenvalue weighted by Crippen LogP contribution is 2.58. The summed E-state index contributed by atoms with van der Waals surface area (Å²) < 4.78 is 0. The summed E-state index contributed by atoms with van der Waals surface area (Å²) >= 11 is 0. The van der Waals surface area contributed by atoms with E-state index in [1.807, 2.05) is 0 Å². The Morgan fingerprint density at radius 3 is 1.23 bits per heavy atom. The van der Waals surface area contributed by atoms with Crippen LogP contribution in [0.25, 0.3) is 66.8 Å². The maximum Gasteiger partial charge on any atom is 0.0713 e. The largest absolute Gasteiger partial charge is 0.310 e. The van der Waals surface area contributed by atoms with Crippen molar-refractivity contribution in [3.05, 3.63) is 305 Å². The summed E-state index contributed by atoms with van der Waals surface area (Å²) in [6, 6.07) is 97.6. The molecule has 74 heavy (non-hydrogen) atoms. The van der Waals surface area contributed by atoms with Crippen molar-refractivity contribution in [1.82, 2.24) is 0 Å². The van der Waals surface area contributed by atoms with Crippen LogP contribution in [0, 0.1) is 0 Å². The lowest BCUT2D eigenvalue weighted by Crippen LogP contribution is -2.28. The van der Waals surface area contributed by atoms with Gasteiger partial charge < -0.3 is 4.90 Å². The van der Waals surface area contributed by atoms with Gasteiger partial charge in [-0.25, -0.2) is 0 Å². The molecule has 0 N–H and O–H groups in total. The number of para-hydroxylation sites is 1. The maximum atomic E-state index is 2.46. The fourth-order valence-corrected chi connectivity index (χ4v) is 13.4. The molecule has 0 unspecified atom stereocenters. The molecule has 0 saturated carbocycles. The summed E-state index contributed by atoms with van der Waals surface area (Å²) in [7, 11) is 0. The third-order valence-corrected chi connectivity index (χ3v) is 17.0. The molecule has 0 bridgehead atoms. The van der Waals surface area contributed by atoms with Crippen molar-refractivity contribution in [2.75, 3.05) is 4.90 Å². The minimum Gasteiger partial charge on any atom is -0.310 e. The normalized spacial score (nSPS) is 14.5. The van der Waals surface area contributed by atoms with E-state index >= 15 is 0 Å². The number of rotatable bonds is 8. The number of hydrogen-bond donors (Lipinski definition) is 0. The minimum absolute atomic E-state index is 0.0307. The molecule has 3 aliphatic rings. The van der Waals surface area contributed by atoms with Crippen molar-refractivity contribution < 1.29 is 0 Å². The van der Waals surface area contributed by atoms with E-state index in [9.17, 15) is 0 Å². The van der Waals surface area contributed by atoms with Crippen LogP contribution >= 0.6 is 0 Å². The Labute approximate surface area is 435 Å². The van der Waals surface area contributed by atoms with E-state index in [2.05, 4.69) is 293 Å². The van der Waals surface area contributed by atoms with Crippen LogP contribution in [0.3, 0.4) is 0 Å². The standard InChI is InChI=1S/C73H55N/c1-71(2)63-29-15-11-24-56(63)61-46-50(38-44-65(61)71)48-34-40-54(41-35-48)74(69-33-18-14-26-58(69)59-28-19-32-68-70(59)60-27-13-16-30-64(60)72(68,3)4)55-42-36-49(37-43-55)51-39-45-67-62(47-51)57-25-12-17-31-66(57)73(67,52-20-7-5-8-21-52)53-22-9-6-10-23-53/h5-47H,1-4H3. The van der Waals surface area contributed by atoms with Gasteiger partial charge in [-0.05, 0) is 148 Å². The fourth-order valence-electron chi connectivity index (χ4n) is 13.4. The van der Waals surface area contributed by atoms with E-state index in [-0.39, 0.29) is 10.8 Å². The highest BCUT2D eigenvalue weighted by molar-refractivity contribution is 5.99. The third-order valence-electron chi connectivity index (χ3n) is 17.0. The Balaban J connectivity index is 0.897. The lowest BCUT2D eigenvalue weighted by Gasteiger charge is -2.33. The molecular formula is C73H55N. The van der Waals surface area contributed by atoms with Crippen molar-refractivity contribution in [3.8, 4) is 66.8 Å². The van der Waals surface area contributed by atoms with Crippen LogP contribution in [0.5, 0.6) is 0 Å². The molecule has 0 radical (unpaired) electrons. The van der Waals surface area contributed by atoms with Crippen LogP contribution in [-0.2, 0) is 16.2 Å². The number of anilines is 3. The van der Waals surface area contributed by atoms with E-state index in [1.54, 1.807) is 0 Å². The average Bonchev–Trinajstić information content (AvgIpc) is 3.99. The zero-order valence-corrected chi connectivity index (χ0v) is 42.3. The van der Waals surface area contributed by atoms with E-state index in [0.29, 0.717) is 0 Å². The zero-order chi connectivity index (χ0) is 49.8. The van der Waals surface area contributed by atoms with Crippen LogP contribution in [-0.4, -0.2) is 0 Å². The SMILES string of the molecule is CC1(C)c2ccccc2-c2cc(-c3ccc(N(c4ccc(-c5ccc6c(c5)-c5ccccc5C6(c5ccccc5)c5ccccc5)cc4)c4ccccc4-c4cccc5c4-c4ccccc4C5(C)C)cc3)ccc21. The molecule has 1 nitrogen and oxygen atoms in total. The van der Waals surface area contributed by atoms with Crippen LogP contribution in [0.2, 0.25) is 0 Å². The molecule has 0 aliphatic heterocycles. The average molecular weight is 946 g/mol. The molecule has 14 rings (SSSR count). The van der Waals surface area contributed by atoms with Crippen molar-refractivity contribution in [3.63, 3.8) is 0 Å². The van der Waals surface area contributed by atoms with Gasteiger partial charge in [-0.15, -0.1) is 0 Å². The second kappa shape index (κ2) is 16.6. The van der Waals surface area contributed by atoms with Crippen LogP contribution in [0.4, 0.5) is 17.1 Å². The summed E-state index contributed by atoms with van der Waals surface area (Å²) in [5.74, 6) is 0. The molecule has 0 aromatic heterocycles. The first-order valence-electron chi connectivity index (χ1n) is 26.2. The highest BCUT2D eigenvalue weighted by Gasteiger charge is 2.46. The van der Waals surface area contributed by atoms with Crippen molar-refractivity contribution >= 4 is 17.1 Å². The maximum absolute atomic E-state index is 2.46. The van der Waals surface area contributed by atoms with E-state index in [0.717, 1.165) is 17.1 Å². The third kappa shape index (κ3) is 6.42. The molecule has 11 aromatic rings. The molecule has 11 aromatic carbocycles. The lowest BCUT2D eigenvalue weighted by molar-refractivity contribution is 0.660. The molecule has 352 valence electrons. The topological polar surface area (TPSA) is 3.24 Å². The van der Waals surface area contributed by atoms with Gasteiger partial charge >= 0.3 is 0 Å². The molecule has 0 amide bonds. The quantitative estimate of drug-likeness (QED) is 0.147. The van der Waals surface area contributed by atoms with Crippen molar-refractivity contribution in [1.29, 1.82) is 0 Å². The smallest absolute Gasteiger partial charge is 0.0713 e. The van der Waals surface area contributed by atoms with Crippen molar-refractivity contribution in [2.45, 2.75) is 43.9 Å². The summed E-state index contributed by atoms with van der Waals surface area (Å²) in [6.07, 6.45) is 0. The number of nitrogens with zero attached hydrogens (tertiary/aromatic N) is 1. The van der Waals surface area contributed by atoms with Gasteiger partial charge in [0.05, 0.1) is 11.1 Å². The van der Waals surface area contributed by atoms with Gasteiger partial charge in [-0.1, -0.05) is 246 Å². The van der Waals surface area contributed by atoms with Crippen LogP contribution in [0.15, 0.2) is 261 Å². The summed E-state index contributed by atoms with van der Waals surface area (Å²) in [5, 5.41) is 0. The molecule has 0 atom stereocenters. The molecule has 0 fully saturated rings. The molecular weight excluding hydrogens is 891 g/mol. The molecule has 3 aliphatic carbocycles. The molecule has 1 heteroatoms. The number of hydrogen-bond acceptors (Lipinski definition) is 1. The summed E-state index contributed by atoms with van der Waals surface area (Å²) in [6.45, 7) is 9.43. The Morgan fingerprint density at radius 1 is 0.257 bits per heavy atom. The summed E-state index contributed by atoms with van der Waals surface area (Å²) in [5.41, 5.74) is 28.6. The number of benzene rings is 11. The van der Waals surface area contributed by atoms with Gasteiger partial charge in [0, 0.05) is 27.8 Å². The van der Waals surface area contributed by atoms with Crippen molar-refractivity contribution in [2.24, 2.45) is 0 Å². The van der Waals surface area contributed by atoms with E-state index in [1.165, 1.54) is 111 Å². The molecule has 0 heterocycles. The van der Waals surface area contributed by atoms with E-state index < -0.39 is 5.41 Å². The Hall–Kier alpha value is -8.78. The first-order chi connectivity index (χ1) is 36.2. The van der Waals surface area contributed by atoms with Crippen LogP contribution in [0.1, 0.15) is 72.2 Å². The molecule has 0 spiro atoms. The monoisotopic (exact) mass is 945 g/mol. The second-order valence-corrected chi connectivity index (χ2v) is 21.6. The first-order valence-corrected chi connectivity index (χ1v) is 26.2. The number of fused-ring (bicyclic) bond motifs is 9. The van der Waals surface area contributed by atoms with Crippen LogP contribution < -0.4 is 4.90 Å². The minimum atomic E-state index is -0.431. The molecule has 0 saturated heterocycles. The fraction of sp³-hybridized carbons (Fsp3) is 0.0959. The lowest BCUT2D eigenvalue weighted by atomic mass is 9.67. The summed E-state index contributed by atoms with van der Waals surface area (Å²) in [4.78, 5) is 2.46. The second-order valence-electron chi connectivity index (χ2n) is 21.6. The van der Waals surface area contributed by atoms with Gasteiger partial charge in [0.15, 0.2) is 0 Å². The Morgan fingerprint density at radius 2 is 0.635 bits per heavy atom. The van der Waals surface area contributed by atoms with Gasteiger partial charge in [0.2, 0.25) is 0 Å². The Kier molecular flexibility index (Phi) is 9.88. The van der Waals surface area contributed by atoms with Gasteiger partial charge in [0.1, 0.15) is 0 Å². The first kappa shape index (κ1) is 44.0. The van der Waals surface area contributed by atoms with Gasteiger partial charge in [-0.3, -0.25) is 0 Å². The van der Waals surface area contributed by atoms with Gasteiger partial charge in [0.25, 0.3) is 0 Å². The van der Waals surface area contributed by atoms with Gasteiger partial charge in [-0.2, -0.15) is 0 Å². The zero-order valence-electron chi connectivity index (χ0n) is 42.3.